The normalized spacial score (nSPS) is 15.8. The molecule has 0 unspecified atom stereocenters. The number of para-hydroxylation sites is 1. The maximum atomic E-state index is 13.6. The van der Waals surface area contributed by atoms with Crippen molar-refractivity contribution in [2.24, 2.45) is 0 Å². The van der Waals surface area contributed by atoms with Crippen LogP contribution in [-0.2, 0) is 20.7 Å². The SMILES string of the molecule is CC[C@H](NC(=O)Cc1c(N2CCC[C@H]2C(=O)OC)c(-c2ccccc2)nc2ccccc12)c1ccccc1. The monoisotopic (exact) mass is 507 g/mol. The molecule has 1 aromatic heterocycles. The lowest BCUT2D eigenvalue weighted by atomic mass is 9.96. The third-order valence-electron chi connectivity index (χ3n) is 7.31. The highest BCUT2D eigenvalue weighted by Crippen LogP contribution is 2.40. The second-order valence-electron chi connectivity index (χ2n) is 9.66. The molecule has 3 aromatic carbocycles. The van der Waals surface area contributed by atoms with Gasteiger partial charge in [0.1, 0.15) is 6.04 Å². The second kappa shape index (κ2) is 11.5. The first kappa shape index (κ1) is 25.5. The number of hydrogen-bond acceptors (Lipinski definition) is 5. The number of nitrogens with one attached hydrogen (secondary N) is 1. The van der Waals surface area contributed by atoms with Gasteiger partial charge in [-0.15, -0.1) is 0 Å². The number of rotatable bonds is 8. The van der Waals surface area contributed by atoms with Gasteiger partial charge in [0.05, 0.1) is 36.5 Å². The lowest BCUT2D eigenvalue weighted by molar-refractivity contribution is -0.141. The van der Waals surface area contributed by atoms with Crippen molar-refractivity contribution in [3.05, 3.63) is 96.1 Å². The topological polar surface area (TPSA) is 71.5 Å². The molecule has 1 aliphatic heterocycles. The van der Waals surface area contributed by atoms with E-state index in [0.29, 0.717) is 13.0 Å². The Kier molecular flexibility index (Phi) is 7.68. The molecule has 6 nitrogen and oxygen atoms in total. The van der Waals surface area contributed by atoms with E-state index < -0.39 is 6.04 Å². The summed E-state index contributed by atoms with van der Waals surface area (Å²) in [6, 6.07) is 27.5. The van der Waals surface area contributed by atoms with Crippen molar-refractivity contribution in [1.29, 1.82) is 0 Å². The van der Waals surface area contributed by atoms with Gasteiger partial charge in [0, 0.05) is 17.5 Å². The van der Waals surface area contributed by atoms with Crippen molar-refractivity contribution in [2.75, 3.05) is 18.6 Å². The van der Waals surface area contributed by atoms with Gasteiger partial charge >= 0.3 is 5.97 Å². The standard InChI is InChI=1S/C32H33N3O3/c1-3-26(22-13-6-4-7-14-22)33-29(36)21-25-24-17-10-11-18-27(24)34-30(23-15-8-5-9-16-23)31(25)35-20-12-19-28(35)32(37)38-2/h4-11,13-18,26,28H,3,12,19-21H2,1-2H3,(H,33,36)/t26-,28-/m0/s1. The summed E-state index contributed by atoms with van der Waals surface area (Å²) in [4.78, 5) is 33.6. The maximum Gasteiger partial charge on any atom is 0.328 e. The first-order valence-corrected chi connectivity index (χ1v) is 13.3. The minimum atomic E-state index is -0.417. The maximum absolute atomic E-state index is 13.6. The molecule has 38 heavy (non-hydrogen) atoms. The van der Waals surface area contributed by atoms with E-state index in [-0.39, 0.29) is 24.3 Å². The van der Waals surface area contributed by atoms with Gasteiger partial charge in [-0.05, 0) is 36.5 Å². The van der Waals surface area contributed by atoms with Crippen LogP contribution in [0.25, 0.3) is 22.2 Å². The third kappa shape index (κ3) is 5.12. The van der Waals surface area contributed by atoms with E-state index in [1.165, 1.54) is 7.11 Å². The number of aromatic nitrogens is 1. The van der Waals surface area contributed by atoms with Crippen LogP contribution < -0.4 is 10.2 Å². The van der Waals surface area contributed by atoms with Gasteiger partial charge in [0.25, 0.3) is 0 Å². The van der Waals surface area contributed by atoms with Crippen molar-refractivity contribution in [1.82, 2.24) is 10.3 Å². The van der Waals surface area contributed by atoms with Crippen molar-refractivity contribution in [3.63, 3.8) is 0 Å². The number of hydrogen-bond donors (Lipinski definition) is 1. The van der Waals surface area contributed by atoms with Crippen LogP contribution in [0.2, 0.25) is 0 Å². The van der Waals surface area contributed by atoms with E-state index >= 15 is 0 Å². The van der Waals surface area contributed by atoms with Crippen LogP contribution in [-0.4, -0.2) is 36.6 Å². The number of nitrogens with zero attached hydrogens (tertiary/aromatic N) is 2. The molecule has 0 radical (unpaired) electrons. The molecule has 1 saturated heterocycles. The van der Waals surface area contributed by atoms with Gasteiger partial charge in [-0.1, -0.05) is 85.8 Å². The van der Waals surface area contributed by atoms with Crippen molar-refractivity contribution in [3.8, 4) is 11.3 Å². The number of pyridine rings is 1. The van der Waals surface area contributed by atoms with Crippen LogP contribution in [0.4, 0.5) is 5.69 Å². The molecule has 1 amide bonds. The number of carbonyl (C=O) groups is 2. The Hall–Kier alpha value is -4.19. The molecular formula is C32H33N3O3. The van der Waals surface area contributed by atoms with E-state index in [2.05, 4.69) is 17.1 Å². The fraction of sp³-hybridized carbons (Fsp3) is 0.281. The molecule has 0 bridgehead atoms. The molecule has 5 rings (SSSR count). The molecule has 2 atom stereocenters. The van der Waals surface area contributed by atoms with Crippen molar-refractivity contribution >= 4 is 28.5 Å². The summed E-state index contributed by atoms with van der Waals surface area (Å²) >= 11 is 0. The van der Waals surface area contributed by atoms with Gasteiger partial charge in [0.15, 0.2) is 0 Å². The highest BCUT2D eigenvalue weighted by molar-refractivity contribution is 5.98. The number of carbonyl (C=O) groups excluding carboxylic acids is 2. The summed E-state index contributed by atoms with van der Waals surface area (Å²) in [7, 11) is 1.43. The minimum Gasteiger partial charge on any atom is -0.467 e. The first-order chi connectivity index (χ1) is 18.6. The summed E-state index contributed by atoms with van der Waals surface area (Å²) in [6.07, 6.45) is 2.51. The van der Waals surface area contributed by atoms with Crippen LogP contribution in [0.15, 0.2) is 84.9 Å². The number of benzene rings is 3. The molecule has 1 fully saturated rings. The fourth-order valence-corrected chi connectivity index (χ4v) is 5.48. The summed E-state index contributed by atoms with van der Waals surface area (Å²) in [5, 5.41) is 4.17. The molecule has 1 N–H and O–H groups in total. The van der Waals surface area contributed by atoms with Gasteiger partial charge in [0.2, 0.25) is 5.91 Å². The Balaban J connectivity index is 1.64. The van der Waals surface area contributed by atoms with E-state index in [0.717, 1.165) is 51.8 Å². The zero-order valence-electron chi connectivity index (χ0n) is 21.9. The van der Waals surface area contributed by atoms with Gasteiger partial charge in [-0.2, -0.15) is 0 Å². The van der Waals surface area contributed by atoms with Crippen LogP contribution in [0.5, 0.6) is 0 Å². The quantitative estimate of drug-likeness (QED) is 0.303. The van der Waals surface area contributed by atoms with Gasteiger partial charge < -0.3 is 15.0 Å². The predicted molar refractivity (Wildman–Crippen MR) is 151 cm³/mol. The zero-order valence-corrected chi connectivity index (χ0v) is 21.9. The zero-order chi connectivity index (χ0) is 26.5. The lowest BCUT2D eigenvalue weighted by Gasteiger charge is -2.30. The fourth-order valence-electron chi connectivity index (χ4n) is 5.48. The minimum absolute atomic E-state index is 0.0638. The first-order valence-electron chi connectivity index (χ1n) is 13.3. The number of amides is 1. The van der Waals surface area contributed by atoms with E-state index in [9.17, 15) is 9.59 Å². The Morgan fingerprint density at radius 1 is 1.00 bits per heavy atom. The third-order valence-corrected chi connectivity index (χ3v) is 7.31. The molecule has 0 saturated carbocycles. The van der Waals surface area contributed by atoms with E-state index in [4.69, 9.17) is 9.72 Å². The molecule has 6 heteroatoms. The van der Waals surface area contributed by atoms with Crippen LogP contribution in [0.1, 0.15) is 43.4 Å². The highest BCUT2D eigenvalue weighted by atomic mass is 16.5. The smallest absolute Gasteiger partial charge is 0.328 e. The summed E-state index contributed by atoms with van der Waals surface area (Å²) in [5.41, 5.74) is 5.34. The number of ether oxygens (including phenoxy) is 1. The van der Waals surface area contributed by atoms with E-state index in [1.807, 2.05) is 84.9 Å². The average molecular weight is 508 g/mol. The number of esters is 1. The molecule has 1 aliphatic rings. The van der Waals surface area contributed by atoms with E-state index in [1.54, 1.807) is 0 Å². The Morgan fingerprint density at radius 3 is 2.39 bits per heavy atom. The second-order valence-corrected chi connectivity index (χ2v) is 9.66. The molecule has 4 aromatic rings. The number of anilines is 1. The average Bonchev–Trinajstić information content (AvgIpc) is 3.46. The Morgan fingerprint density at radius 2 is 1.68 bits per heavy atom. The number of fused-ring (bicyclic) bond motifs is 1. The lowest BCUT2D eigenvalue weighted by Crippen LogP contribution is -2.38. The number of methoxy groups -OCH3 is 1. The van der Waals surface area contributed by atoms with Gasteiger partial charge in [-0.25, -0.2) is 9.78 Å². The van der Waals surface area contributed by atoms with Crippen LogP contribution >= 0.6 is 0 Å². The predicted octanol–water partition coefficient (Wildman–Crippen LogP) is 5.85. The van der Waals surface area contributed by atoms with Crippen LogP contribution in [0, 0.1) is 0 Å². The largest absolute Gasteiger partial charge is 0.467 e. The molecule has 0 spiro atoms. The van der Waals surface area contributed by atoms with Crippen molar-refractivity contribution < 1.29 is 14.3 Å². The highest BCUT2D eigenvalue weighted by Gasteiger charge is 2.36. The summed E-state index contributed by atoms with van der Waals surface area (Å²) in [5.74, 6) is -0.327. The molecule has 194 valence electrons. The molecular weight excluding hydrogens is 474 g/mol. The Labute approximate surface area is 223 Å². The van der Waals surface area contributed by atoms with Crippen LogP contribution in [0.3, 0.4) is 0 Å². The van der Waals surface area contributed by atoms with Gasteiger partial charge in [-0.3, -0.25) is 4.79 Å². The molecule has 0 aliphatic carbocycles. The molecule has 2 heterocycles. The Bertz CT molecular complexity index is 1420. The summed E-state index contributed by atoms with van der Waals surface area (Å²) < 4.78 is 5.18. The van der Waals surface area contributed by atoms with Crippen molar-refractivity contribution in [2.45, 2.75) is 44.7 Å². The summed E-state index contributed by atoms with van der Waals surface area (Å²) in [6.45, 7) is 2.76.